The number of fused-ring (bicyclic) bond motifs is 1. The average Bonchev–Trinajstić information content (AvgIpc) is 3.42. The van der Waals surface area contributed by atoms with E-state index in [4.69, 9.17) is 19.2 Å². The summed E-state index contributed by atoms with van der Waals surface area (Å²) in [5.41, 5.74) is -0.549. The Morgan fingerprint density at radius 2 is 1.55 bits per heavy atom. The van der Waals surface area contributed by atoms with Crippen molar-refractivity contribution in [3.63, 3.8) is 0 Å². The smallest absolute Gasteiger partial charge is 0.425 e. The zero-order valence-electron chi connectivity index (χ0n) is 28.9. The molecule has 0 saturated carbocycles. The minimum Gasteiger partial charge on any atom is -0.494 e. The lowest BCUT2D eigenvalue weighted by atomic mass is 10.1. The van der Waals surface area contributed by atoms with E-state index in [2.05, 4.69) is 14.9 Å². The number of piperidine rings is 1. The second-order valence-corrected chi connectivity index (χ2v) is 13.9. The van der Waals surface area contributed by atoms with Crippen molar-refractivity contribution in [1.82, 2.24) is 24.4 Å². The average molecular weight is 673 g/mol. The fourth-order valence-corrected chi connectivity index (χ4v) is 5.48. The lowest BCUT2D eigenvalue weighted by Gasteiger charge is -2.28. The molecule has 0 spiro atoms. The van der Waals surface area contributed by atoms with Crippen molar-refractivity contribution in [1.29, 1.82) is 0 Å². The van der Waals surface area contributed by atoms with Crippen molar-refractivity contribution in [3.8, 4) is 28.5 Å². The van der Waals surface area contributed by atoms with Gasteiger partial charge in [0.2, 0.25) is 0 Å². The summed E-state index contributed by atoms with van der Waals surface area (Å²) in [5, 5.41) is 10.3. The Morgan fingerprint density at radius 3 is 2.20 bits per heavy atom. The predicted octanol–water partition coefficient (Wildman–Crippen LogP) is 7.62. The Morgan fingerprint density at radius 1 is 0.878 bits per heavy atom. The number of nitrogens with zero attached hydrogens (tertiary/aromatic N) is 6. The van der Waals surface area contributed by atoms with Gasteiger partial charge in [-0.1, -0.05) is 30.7 Å². The molecule has 1 aliphatic heterocycles. The molecule has 0 unspecified atom stereocenters. The summed E-state index contributed by atoms with van der Waals surface area (Å²) in [4.78, 5) is 57.0. The van der Waals surface area contributed by atoms with Crippen LogP contribution in [0.2, 0.25) is 0 Å². The number of hydrogen-bond donors (Lipinski definition) is 1. The molecule has 3 heterocycles. The van der Waals surface area contributed by atoms with Crippen LogP contribution in [-0.4, -0.2) is 85.2 Å². The summed E-state index contributed by atoms with van der Waals surface area (Å²) in [6.07, 6.45) is 2.54. The molecule has 2 amide bonds. The monoisotopic (exact) mass is 672 g/mol. The van der Waals surface area contributed by atoms with Crippen molar-refractivity contribution in [2.24, 2.45) is 0 Å². The van der Waals surface area contributed by atoms with Crippen molar-refractivity contribution in [2.75, 3.05) is 31.1 Å². The number of imidazole rings is 1. The van der Waals surface area contributed by atoms with Crippen LogP contribution in [0, 0.1) is 0 Å². The highest BCUT2D eigenvalue weighted by Crippen LogP contribution is 2.34. The number of carboxylic acid groups (broad SMARTS) is 1. The van der Waals surface area contributed by atoms with E-state index < -0.39 is 29.5 Å². The van der Waals surface area contributed by atoms with Crippen LogP contribution < -0.4 is 9.64 Å². The largest absolute Gasteiger partial charge is 0.494 e. The fraction of sp³-hybridized carbons (Fsp3) is 0.444. The number of benzene rings is 2. The molecule has 0 radical (unpaired) electrons. The molecular weight excluding hydrogens is 628 g/mol. The van der Waals surface area contributed by atoms with Gasteiger partial charge in [0.05, 0.1) is 29.5 Å². The van der Waals surface area contributed by atoms with Gasteiger partial charge in [-0.3, -0.25) is 0 Å². The minimum atomic E-state index is -1.34. The normalized spacial score (nSPS) is 14.0. The molecule has 0 bridgehead atoms. The topological polar surface area (TPSA) is 149 Å². The lowest BCUT2D eigenvalue weighted by Crippen LogP contribution is -2.44. The summed E-state index contributed by atoms with van der Waals surface area (Å²) in [6.45, 7) is 13.7. The standard InChI is InChI=1S/C36H44N6O7/c1-35(2,3)48-33(45)42(34(46)49-36(4,5)6)30-29(31-39-26-16-8-9-17-28(26)41(31)32(43)44)38-27(23-37-30)24-14-12-15-25(22-24)47-21-13-20-40-18-10-7-11-19-40/h8-9,12,14-17,22-23H,7,10-11,13,18-21H2,1-6H3,(H,43,44). The van der Waals surface area contributed by atoms with E-state index in [1.54, 1.807) is 65.8 Å². The third-order valence-corrected chi connectivity index (χ3v) is 7.55. The first-order valence-electron chi connectivity index (χ1n) is 16.5. The van der Waals surface area contributed by atoms with E-state index in [9.17, 15) is 19.5 Å². The van der Waals surface area contributed by atoms with Crippen LogP contribution in [0.15, 0.2) is 54.7 Å². The van der Waals surface area contributed by atoms with Crippen molar-refractivity contribution in [2.45, 2.75) is 78.4 Å². The Labute approximate surface area is 285 Å². The van der Waals surface area contributed by atoms with Crippen LogP contribution in [0.5, 0.6) is 5.75 Å². The van der Waals surface area contributed by atoms with Gasteiger partial charge < -0.3 is 24.2 Å². The number of likely N-dealkylation sites (tertiary alicyclic amines) is 1. The first kappa shape index (κ1) is 35.3. The molecule has 49 heavy (non-hydrogen) atoms. The SMILES string of the molecule is CC(C)(C)OC(=O)N(C(=O)OC(C)(C)C)c1ncc(-c2cccc(OCCCN3CCCCC3)c2)nc1-c1nc2ccccc2n1C(=O)O. The molecule has 0 aliphatic carbocycles. The van der Waals surface area contributed by atoms with Crippen molar-refractivity contribution >= 4 is 35.1 Å². The zero-order chi connectivity index (χ0) is 35.3. The highest BCUT2D eigenvalue weighted by atomic mass is 16.6. The van der Waals surface area contributed by atoms with Crippen LogP contribution in [0.25, 0.3) is 33.8 Å². The lowest BCUT2D eigenvalue weighted by molar-refractivity contribution is 0.0429. The van der Waals surface area contributed by atoms with Crippen molar-refractivity contribution in [3.05, 3.63) is 54.7 Å². The quantitative estimate of drug-likeness (QED) is 0.184. The second-order valence-electron chi connectivity index (χ2n) is 13.9. The maximum atomic E-state index is 13.7. The molecule has 1 fully saturated rings. The number of carbonyl (C=O) groups excluding carboxylic acids is 2. The van der Waals surface area contributed by atoms with E-state index in [-0.39, 0.29) is 22.9 Å². The minimum absolute atomic E-state index is 0.152. The summed E-state index contributed by atoms with van der Waals surface area (Å²) in [6, 6.07) is 14.0. The predicted molar refractivity (Wildman–Crippen MR) is 185 cm³/mol. The first-order valence-corrected chi connectivity index (χ1v) is 16.5. The van der Waals surface area contributed by atoms with Gasteiger partial charge in [-0.2, -0.15) is 4.90 Å². The number of imide groups is 1. The van der Waals surface area contributed by atoms with Crippen molar-refractivity contribution < 1.29 is 33.7 Å². The third-order valence-electron chi connectivity index (χ3n) is 7.55. The summed E-state index contributed by atoms with van der Waals surface area (Å²) in [5.74, 6) is 0.168. The Kier molecular flexibility index (Phi) is 10.5. The van der Waals surface area contributed by atoms with E-state index >= 15 is 0 Å². The number of aromatic nitrogens is 4. The van der Waals surface area contributed by atoms with Gasteiger partial charge in [0.1, 0.15) is 17.0 Å². The highest BCUT2D eigenvalue weighted by molar-refractivity contribution is 6.11. The summed E-state index contributed by atoms with van der Waals surface area (Å²) >= 11 is 0. The maximum absolute atomic E-state index is 13.7. The molecule has 13 heteroatoms. The first-order chi connectivity index (χ1) is 23.2. The number of anilines is 1. The van der Waals surface area contributed by atoms with E-state index in [0.29, 0.717) is 34.0 Å². The van der Waals surface area contributed by atoms with Gasteiger partial charge in [-0.15, -0.1) is 0 Å². The van der Waals surface area contributed by atoms with Gasteiger partial charge in [0.15, 0.2) is 17.3 Å². The maximum Gasteiger partial charge on any atom is 0.425 e. The number of carbonyl (C=O) groups is 3. The van der Waals surface area contributed by atoms with Crippen LogP contribution in [0.4, 0.5) is 20.2 Å². The molecule has 4 aromatic rings. The second kappa shape index (κ2) is 14.6. The van der Waals surface area contributed by atoms with Crippen LogP contribution in [-0.2, 0) is 9.47 Å². The Balaban J connectivity index is 1.58. The number of amides is 2. The van der Waals surface area contributed by atoms with Gasteiger partial charge in [0, 0.05) is 12.1 Å². The Bertz CT molecular complexity index is 1790. The molecule has 1 aliphatic rings. The van der Waals surface area contributed by atoms with E-state index in [0.717, 1.165) is 30.6 Å². The van der Waals surface area contributed by atoms with E-state index in [1.807, 2.05) is 24.3 Å². The van der Waals surface area contributed by atoms with Crippen LogP contribution >= 0.6 is 0 Å². The molecule has 1 saturated heterocycles. The molecule has 0 atom stereocenters. The number of para-hydroxylation sites is 2. The number of rotatable bonds is 8. The highest BCUT2D eigenvalue weighted by Gasteiger charge is 2.37. The fourth-order valence-electron chi connectivity index (χ4n) is 5.48. The molecule has 5 rings (SSSR count). The van der Waals surface area contributed by atoms with Gasteiger partial charge >= 0.3 is 18.3 Å². The third kappa shape index (κ3) is 8.91. The molecule has 2 aromatic carbocycles. The Hall–Kier alpha value is -5.04. The van der Waals surface area contributed by atoms with Gasteiger partial charge in [-0.25, -0.2) is 33.9 Å². The van der Waals surface area contributed by atoms with Crippen LogP contribution in [0.1, 0.15) is 67.2 Å². The van der Waals surface area contributed by atoms with Crippen LogP contribution in [0.3, 0.4) is 0 Å². The summed E-state index contributed by atoms with van der Waals surface area (Å²) in [7, 11) is 0. The molecule has 2 aromatic heterocycles. The van der Waals surface area contributed by atoms with Gasteiger partial charge in [-0.05, 0) is 98.2 Å². The number of hydrogen-bond acceptors (Lipinski definition) is 10. The number of ether oxygens (including phenoxy) is 3. The van der Waals surface area contributed by atoms with Gasteiger partial charge in [0.25, 0.3) is 0 Å². The molecule has 260 valence electrons. The zero-order valence-corrected chi connectivity index (χ0v) is 28.9. The molecule has 1 N–H and O–H groups in total. The van der Waals surface area contributed by atoms with E-state index in [1.165, 1.54) is 25.5 Å². The molecule has 13 nitrogen and oxygen atoms in total. The molecular formula is C36H44N6O7. The summed E-state index contributed by atoms with van der Waals surface area (Å²) < 4.78 is 18.2.